The number of rotatable bonds is 5. The molecule has 1 N–H and O–H groups in total. The number of piperidine rings is 1. The number of aromatic nitrogens is 2. The average Bonchev–Trinajstić information content (AvgIpc) is 2.96. The summed E-state index contributed by atoms with van der Waals surface area (Å²) in [6, 6.07) is 12.5. The summed E-state index contributed by atoms with van der Waals surface area (Å²) >= 11 is 0. The first kappa shape index (κ1) is 20.7. The van der Waals surface area contributed by atoms with Gasteiger partial charge in [-0.2, -0.15) is 5.10 Å². The maximum Gasteiger partial charge on any atom is 0.198 e. The standard InChI is InChI=1S/C20H29N5.HI/c1-17-16-18(2)25(23-17)15-9-12-21-20(24-13-7-4-8-14-24)22-19-10-5-3-6-11-19;/h3,5-6,10-11,16H,4,7-9,12-15H2,1-2H3,(H,21,22);1H. The van der Waals surface area contributed by atoms with Crippen LogP contribution in [-0.4, -0.2) is 40.3 Å². The van der Waals surface area contributed by atoms with E-state index in [1.807, 2.05) is 13.0 Å². The summed E-state index contributed by atoms with van der Waals surface area (Å²) in [5.74, 6) is 1.01. The van der Waals surface area contributed by atoms with Crippen molar-refractivity contribution in [3.05, 3.63) is 47.8 Å². The average molecular weight is 467 g/mol. The van der Waals surface area contributed by atoms with Crippen LogP contribution in [-0.2, 0) is 6.54 Å². The molecule has 5 nitrogen and oxygen atoms in total. The van der Waals surface area contributed by atoms with Crippen molar-refractivity contribution in [2.75, 3.05) is 25.0 Å². The van der Waals surface area contributed by atoms with E-state index in [2.05, 4.69) is 57.3 Å². The zero-order valence-electron chi connectivity index (χ0n) is 15.8. The SMILES string of the molecule is Cc1cc(C)n(CCCN=C(Nc2ccccc2)N2CCCCC2)n1.I. The van der Waals surface area contributed by atoms with E-state index in [0.29, 0.717) is 0 Å². The second-order valence-corrected chi connectivity index (χ2v) is 6.75. The summed E-state index contributed by atoms with van der Waals surface area (Å²) in [4.78, 5) is 7.27. The molecule has 0 atom stereocenters. The molecule has 1 saturated heterocycles. The lowest BCUT2D eigenvalue weighted by Gasteiger charge is -2.30. The molecule has 0 bridgehead atoms. The van der Waals surface area contributed by atoms with E-state index < -0.39 is 0 Å². The zero-order chi connectivity index (χ0) is 17.5. The lowest BCUT2D eigenvalue weighted by molar-refractivity contribution is 0.340. The molecule has 0 aliphatic carbocycles. The molecular formula is C20H30IN5. The van der Waals surface area contributed by atoms with Gasteiger partial charge in [-0.05, 0) is 57.7 Å². The van der Waals surface area contributed by atoms with E-state index in [0.717, 1.165) is 49.9 Å². The van der Waals surface area contributed by atoms with Crippen LogP contribution in [0.5, 0.6) is 0 Å². The highest BCUT2D eigenvalue weighted by Gasteiger charge is 2.14. The summed E-state index contributed by atoms with van der Waals surface area (Å²) < 4.78 is 2.08. The number of benzene rings is 1. The molecular weight excluding hydrogens is 437 g/mol. The molecule has 2 heterocycles. The zero-order valence-corrected chi connectivity index (χ0v) is 18.1. The molecule has 1 aromatic heterocycles. The number of para-hydroxylation sites is 1. The highest BCUT2D eigenvalue weighted by molar-refractivity contribution is 14.0. The molecule has 0 saturated carbocycles. The van der Waals surface area contributed by atoms with Gasteiger partial charge in [0.1, 0.15) is 0 Å². The largest absolute Gasteiger partial charge is 0.343 e. The van der Waals surface area contributed by atoms with Gasteiger partial charge >= 0.3 is 0 Å². The van der Waals surface area contributed by atoms with Gasteiger partial charge in [0.15, 0.2) is 5.96 Å². The van der Waals surface area contributed by atoms with Crippen molar-refractivity contribution in [2.45, 2.75) is 46.1 Å². The minimum absolute atomic E-state index is 0. The molecule has 142 valence electrons. The Morgan fingerprint density at radius 1 is 1.12 bits per heavy atom. The third kappa shape index (κ3) is 6.00. The topological polar surface area (TPSA) is 45.5 Å². The Balaban J connectivity index is 0.00000243. The van der Waals surface area contributed by atoms with E-state index in [4.69, 9.17) is 4.99 Å². The molecule has 6 heteroatoms. The monoisotopic (exact) mass is 467 g/mol. The van der Waals surface area contributed by atoms with Gasteiger partial charge in [-0.3, -0.25) is 9.67 Å². The molecule has 1 aliphatic heterocycles. The number of aliphatic imine (C=N–C) groups is 1. The number of nitrogens with one attached hydrogen (secondary N) is 1. The van der Waals surface area contributed by atoms with Crippen molar-refractivity contribution in [2.24, 2.45) is 4.99 Å². The van der Waals surface area contributed by atoms with Gasteiger partial charge in [0, 0.05) is 37.6 Å². The van der Waals surface area contributed by atoms with Crippen LogP contribution in [0.15, 0.2) is 41.4 Å². The first-order valence-electron chi connectivity index (χ1n) is 9.35. The quantitative estimate of drug-likeness (QED) is 0.306. The second-order valence-electron chi connectivity index (χ2n) is 6.75. The maximum atomic E-state index is 4.88. The molecule has 1 fully saturated rings. The van der Waals surface area contributed by atoms with Crippen LogP contribution in [0.2, 0.25) is 0 Å². The number of hydrogen-bond acceptors (Lipinski definition) is 2. The second kappa shape index (κ2) is 10.5. The van der Waals surface area contributed by atoms with E-state index >= 15 is 0 Å². The van der Waals surface area contributed by atoms with Crippen molar-refractivity contribution in [1.82, 2.24) is 14.7 Å². The lowest BCUT2D eigenvalue weighted by Crippen LogP contribution is -2.40. The Morgan fingerprint density at radius 3 is 2.50 bits per heavy atom. The van der Waals surface area contributed by atoms with Gasteiger partial charge in [0.05, 0.1) is 5.69 Å². The van der Waals surface area contributed by atoms with Gasteiger partial charge < -0.3 is 10.2 Å². The van der Waals surface area contributed by atoms with E-state index in [9.17, 15) is 0 Å². The number of hydrogen-bond donors (Lipinski definition) is 1. The molecule has 0 amide bonds. The Bertz CT molecular complexity index is 689. The van der Waals surface area contributed by atoms with Crippen molar-refractivity contribution in [1.29, 1.82) is 0 Å². The van der Waals surface area contributed by atoms with Gasteiger partial charge in [-0.25, -0.2) is 0 Å². The number of anilines is 1. The third-order valence-corrected chi connectivity index (χ3v) is 4.58. The van der Waals surface area contributed by atoms with Gasteiger partial charge in [-0.1, -0.05) is 18.2 Å². The lowest BCUT2D eigenvalue weighted by atomic mass is 10.1. The highest BCUT2D eigenvalue weighted by atomic mass is 127. The van der Waals surface area contributed by atoms with Crippen LogP contribution >= 0.6 is 24.0 Å². The van der Waals surface area contributed by atoms with Crippen molar-refractivity contribution in [3.8, 4) is 0 Å². The Kier molecular flexibility index (Phi) is 8.41. The Morgan fingerprint density at radius 2 is 1.85 bits per heavy atom. The van der Waals surface area contributed by atoms with Crippen LogP contribution in [0.4, 0.5) is 5.69 Å². The van der Waals surface area contributed by atoms with Crippen LogP contribution in [0.1, 0.15) is 37.1 Å². The van der Waals surface area contributed by atoms with Crippen LogP contribution < -0.4 is 5.32 Å². The molecule has 26 heavy (non-hydrogen) atoms. The first-order valence-corrected chi connectivity index (χ1v) is 9.35. The predicted octanol–water partition coefficient (Wildman–Crippen LogP) is 4.46. The Hall–Kier alpha value is -1.57. The van der Waals surface area contributed by atoms with E-state index in [1.54, 1.807) is 0 Å². The minimum atomic E-state index is 0. The predicted molar refractivity (Wildman–Crippen MR) is 120 cm³/mol. The van der Waals surface area contributed by atoms with Crippen molar-refractivity contribution >= 4 is 35.6 Å². The molecule has 0 spiro atoms. The number of nitrogens with zero attached hydrogens (tertiary/aromatic N) is 4. The van der Waals surface area contributed by atoms with Crippen LogP contribution in [0.25, 0.3) is 0 Å². The fourth-order valence-electron chi connectivity index (χ4n) is 3.28. The fraction of sp³-hybridized carbons (Fsp3) is 0.500. The first-order chi connectivity index (χ1) is 12.2. The molecule has 0 radical (unpaired) electrons. The van der Waals surface area contributed by atoms with E-state index in [1.165, 1.54) is 25.0 Å². The maximum absolute atomic E-state index is 4.88. The summed E-state index contributed by atoms with van der Waals surface area (Å²) in [5, 5.41) is 8.04. The number of guanidine groups is 1. The number of halogens is 1. The van der Waals surface area contributed by atoms with Gasteiger partial charge in [-0.15, -0.1) is 24.0 Å². The molecule has 0 unspecified atom stereocenters. The molecule has 3 rings (SSSR count). The third-order valence-electron chi connectivity index (χ3n) is 4.58. The molecule has 2 aromatic rings. The number of aryl methyl sites for hydroxylation is 3. The van der Waals surface area contributed by atoms with Crippen LogP contribution in [0, 0.1) is 13.8 Å². The summed E-state index contributed by atoms with van der Waals surface area (Å²) in [6.07, 6.45) is 4.82. The number of likely N-dealkylation sites (tertiary alicyclic amines) is 1. The summed E-state index contributed by atoms with van der Waals surface area (Å²) in [7, 11) is 0. The Labute approximate surface area is 173 Å². The van der Waals surface area contributed by atoms with Gasteiger partial charge in [0.2, 0.25) is 0 Å². The van der Waals surface area contributed by atoms with Crippen LogP contribution in [0.3, 0.4) is 0 Å². The molecule has 1 aliphatic rings. The van der Waals surface area contributed by atoms with Crippen molar-refractivity contribution in [3.63, 3.8) is 0 Å². The minimum Gasteiger partial charge on any atom is -0.343 e. The van der Waals surface area contributed by atoms with Gasteiger partial charge in [0.25, 0.3) is 0 Å². The fourth-order valence-corrected chi connectivity index (χ4v) is 3.28. The van der Waals surface area contributed by atoms with Crippen molar-refractivity contribution < 1.29 is 0 Å². The molecule has 1 aromatic carbocycles. The summed E-state index contributed by atoms with van der Waals surface area (Å²) in [5.41, 5.74) is 3.41. The highest BCUT2D eigenvalue weighted by Crippen LogP contribution is 2.13. The smallest absolute Gasteiger partial charge is 0.198 e. The van der Waals surface area contributed by atoms with E-state index in [-0.39, 0.29) is 24.0 Å². The normalized spacial score (nSPS) is 14.8. The summed E-state index contributed by atoms with van der Waals surface area (Å²) in [6.45, 7) is 8.07.